The molecule has 0 bridgehead atoms. The van der Waals surface area contributed by atoms with Crippen molar-refractivity contribution in [3.8, 4) is 22.9 Å². The van der Waals surface area contributed by atoms with Gasteiger partial charge in [0.2, 0.25) is 12.5 Å². The summed E-state index contributed by atoms with van der Waals surface area (Å²) < 4.78 is 18.9. The fourth-order valence-corrected chi connectivity index (χ4v) is 5.62. The zero-order valence-electron chi connectivity index (χ0n) is 20.8. The summed E-state index contributed by atoms with van der Waals surface area (Å²) in [7, 11) is 3.70. The van der Waals surface area contributed by atoms with Crippen LogP contribution in [-0.2, 0) is 6.42 Å². The summed E-state index contributed by atoms with van der Waals surface area (Å²) in [5.41, 5.74) is 3.58. The Morgan fingerprint density at radius 1 is 1.14 bits per heavy atom. The van der Waals surface area contributed by atoms with Gasteiger partial charge in [-0.3, -0.25) is 9.69 Å². The van der Waals surface area contributed by atoms with Gasteiger partial charge in [0, 0.05) is 30.3 Å². The third-order valence-corrected chi connectivity index (χ3v) is 7.56. The average Bonchev–Trinajstić information content (AvgIpc) is 3.57. The lowest BCUT2D eigenvalue weighted by atomic mass is 9.90. The second-order valence-corrected chi connectivity index (χ2v) is 9.69. The summed E-state index contributed by atoms with van der Waals surface area (Å²) in [4.78, 5) is 17.3. The van der Waals surface area contributed by atoms with Gasteiger partial charge in [0.1, 0.15) is 6.04 Å². The van der Waals surface area contributed by atoms with Crippen molar-refractivity contribution in [2.75, 3.05) is 34.0 Å². The van der Waals surface area contributed by atoms with Gasteiger partial charge in [0.25, 0.3) is 5.91 Å². The van der Waals surface area contributed by atoms with Crippen LogP contribution in [0.15, 0.2) is 30.3 Å². The molecule has 10 heteroatoms. The maximum Gasteiger partial charge on any atom is 0.254 e. The number of amides is 1. The number of piperidine rings is 1. The van der Waals surface area contributed by atoms with Crippen LogP contribution < -0.4 is 14.2 Å². The molecule has 1 aromatic heterocycles. The summed E-state index contributed by atoms with van der Waals surface area (Å²) >= 11 is 0. The first-order valence-electron chi connectivity index (χ1n) is 12.5. The minimum Gasteiger partial charge on any atom is -0.492 e. The predicted molar refractivity (Wildman–Crippen MR) is 131 cm³/mol. The minimum atomic E-state index is -0.247. The van der Waals surface area contributed by atoms with E-state index in [1.54, 1.807) is 11.8 Å². The van der Waals surface area contributed by atoms with Gasteiger partial charge in [-0.15, -0.1) is 5.10 Å². The van der Waals surface area contributed by atoms with Gasteiger partial charge < -0.3 is 19.1 Å². The number of likely N-dealkylation sites (tertiary alicyclic amines) is 1. The molecule has 2 unspecified atom stereocenters. The van der Waals surface area contributed by atoms with E-state index in [4.69, 9.17) is 14.2 Å². The molecular weight excluding hydrogens is 460 g/mol. The zero-order chi connectivity index (χ0) is 24.8. The highest BCUT2D eigenvalue weighted by Gasteiger charge is 2.37. The van der Waals surface area contributed by atoms with Gasteiger partial charge in [0.15, 0.2) is 17.3 Å². The molecule has 3 aromatic rings. The average molecular weight is 491 g/mol. The van der Waals surface area contributed by atoms with Crippen LogP contribution in [0.3, 0.4) is 0 Å². The molecule has 36 heavy (non-hydrogen) atoms. The minimum absolute atomic E-state index is 0.0763. The molecule has 1 amide bonds. The van der Waals surface area contributed by atoms with E-state index in [1.807, 2.05) is 35.2 Å². The van der Waals surface area contributed by atoms with Crippen molar-refractivity contribution in [2.45, 2.75) is 44.7 Å². The predicted octanol–water partition coefficient (Wildman–Crippen LogP) is 2.99. The van der Waals surface area contributed by atoms with Crippen LogP contribution >= 0.6 is 0 Å². The molecule has 6 rings (SSSR count). The topological polar surface area (TPSA) is 94.8 Å². The third kappa shape index (κ3) is 3.67. The molecule has 0 radical (unpaired) electrons. The van der Waals surface area contributed by atoms with Crippen LogP contribution in [-0.4, -0.2) is 76.0 Å². The first-order valence-corrected chi connectivity index (χ1v) is 12.5. The van der Waals surface area contributed by atoms with E-state index in [0.29, 0.717) is 28.6 Å². The monoisotopic (exact) mass is 490 g/mol. The lowest BCUT2D eigenvalue weighted by molar-refractivity contribution is 0.0635. The van der Waals surface area contributed by atoms with Crippen molar-refractivity contribution in [3.63, 3.8) is 0 Å². The zero-order valence-corrected chi connectivity index (χ0v) is 20.8. The molecule has 2 aromatic carbocycles. The molecular formula is C26H30N6O4. The van der Waals surface area contributed by atoms with E-state index in [1.165, 1.54) is 6.42 Å². The molecule has 3 aliphatic heterocycles. The maximum atomic E-state index is 13.1. The molecule has 0 saturated carbocycles. The van der Waals surface area contributed by atoms with Crippen LogP contribution in [0.2, 0.25) is 0 Å². The molecule has 188 valence electrons. The number of hydrogen-bond acceptors (Lipinski definition) is 8. The van der Waals surface area contributed by atoms with E-state index >= 15 is 0 Å². The Morgan fingerprint density at radius 2 is 1.97 bits per heavy atom. The third-order valence-electron chi connectivity index (χ3n) is 7.56. The van der Waals surface area contributed by atoms with Crippen molar-refractivity contribution in [2.24, 2.45) is 0 Å². The second kappa shape index (κ2) is 9.09. The number of nitrogens with zero attached hydrogens (tertiary/aromatic N) is 6. The lowest BCUT2D eigenvalue weighted by Crippen LogP contribution is -2.42. The van der Waals surface area contributed by atoms with Crippen molar-refractivity contribution < 1.29 is 19.0 Å². The molecule has 3 aliphatic rings. The molecule has 0 aliphatic carbocycles. The Kier molecular flexibility index (Phi) is 5.75. The first kappa shape index (κ1) is 22.8. The fourth-order valence-electron chi connectivity index (χ4n) is 5.62. The van der Waals surface area contributed by atoms with Gasteiger partial charge >= 0.3 is 0 Å². The van der Waals surface area contributed by atoms with E-state index in [2.05, 4.69) is 34.4 Å². The van der Waals surface area contributed by atoms with Crippen molar-refractivity contribution in [3.05, 3.63) is 52.8 Å². The highest BCUT2D eigenvalue weighted by molar-refractivity contribution is 5.94. The normalized spacial score (nSPS) is 21.4. The summed E-state index contributed by atoms with van der Waals surface area (Å²) in [5, 5.41) is 12.8. The largest absolute Gasteiger partial charge is 0.492 e. The van der Waals surface area contributed by atoms with Gasteiger partial charge in [0.05, 0.1) is 12.8 Å². The SMILES string of the molecule is COc1c2c(cc3c1C(c1nnnn1-c1ccc(C(=O)N4CCCCC4C)cc1)N(C)CC3)OCO2. The van der Waals surface area contributed by atoms with Crippen LogP contribution in [0.4, 0.5) is 0 Å². The van der Waals surface area contributed by atoms with E-state index < -0.39 is 0 Å². The summed E-state index contributed by atoms with van der Waals surface area (Å²) in [5.74, 6) is 2.72. The van der Waals surface area contributed by atoms with Crippen LogP contribution in [0.25, 0.3) is 5.69 Å². The Balaban J connectivity index is 1.36. The number of carbonyl (C=O) groups is 1. The van der Waals surface area contributed by atoms with E-state index in [-0.39, 0.29) is 24.8 Å². The number of rotatable bonds is 4. The molecule has 0 spiro atoms. The van der Waals surface area contributed by atoms with Crippen LogP contribution in [0.1, 0.15) is 59.5 Å². The number of carbonyl (C=O) groups excluding carboxylic acids is 1. The van der Waals surface area contributed by atoms with Crippen molar-refractivity contribution in [1.82, 2.24) is 30.0 Å². The quantitative estimate of drug-likeness (QED) is 0.551. The Hall–Kier alpha value is -3.66. The molecule has 1 saturated heterocycles. The van der Waals surface area contributed by atoms with Crippen LogP contribution in [0.5, 0.6) is 17.2 Å². The number of tetrazole rings is 1. The Bertz CT molecular complexity index is 1290. The maximum absolute atomic E-state index is 13.1. The fraction of sp³-hybridized carbons (Fsp3) is 0.462. The first-order chi connectivity index (χ1) is 17.6. The van der Waals surface area contributed by atoms with E-state index in [9.17, 15) is 4.79 Å². The lowest BCUT2D eigenvalue weighted by Gasteiger charge is -2.34. The number of hydrogen-bond donors (Lipinski definition) is 0. The van der Waals surface area contributed by atoms with Crippen LogP contribution in [0, 0.1) is 0 Å². The van der Waals surface area contributed by atoms with E-state index in [0.717, 1.165) is 49.2 Å². The smallest absolute Gasteiger partial charge is 0.254 e. The highest BCUT2D eigenvalue weighted by atomic mass is 16.7. The van der Waals surface area contributed by atoms with Gasteiger partial charge in [-0.2, -0.15) is 4.68 Å². The molecule has 10 nitrogen and oxygen atoms in total. The second-order valence-electron chi connectivity index (χ2n) is 9.69. The Labute approximate surface area is 209 Å². The highest BCUT2D eigenvalue weighted by Crippen LogP contribution is 2.50. The van der Waals surface area contributed by atoms with Crippen molar-refractivity contribution in [1.29, 1.82) is 0 Å². The Morgan fingerprint density at radius 3 is 2.75 bits per heavy atom. The van der Waals surface area contributed by atoms with Gasteiger partial charge in [-0.1, -0.05) is 0 Å². The number of ether oxygens (including phenoxy) is 3. The molecule has 2 atom stereocenters. The number of aromatic nitrogens is 4. The molecule has 1 fully saturated rings. The molecule has 4 heterocycles. The number of likely N-dealkylation sites (N-methyl/N-ethyl adjacent to an activating group) is 1. The van der Waals surface area contributed by atoms with Gasteiger partial charge in [-0.05, 0) is 86.0 Å². The number of benzene rings is 2. The van der Waals surface area contributed by atoms with Gasteiger partial charge in [-0.25, -0.2) is 0 Å². The molecule has 0 N–H and O–H groups in total. The summed E-state index contributed by atoms with van der Waals surface area (Å²) in [6.45, 7) is 3.94. The number of methoxy groups -OCH3 is 1. The number of fused-ring (bicyclic) bond motifs is 2. The summed E-state index contributed by atoms with van der Waals surface area (Å²) in [6.07, 6.45) is 4.14. The standard InChI is InChI=1S/C26H30N6O4/c1-16-6-4-5-12-31(16)26(33)17-7-9-19(10-8-17)32-25(27-28-29-32)22-21-18(11-13-30(22)2)14-20-23(24(21)34-3)36-15-35-20/h7-10,14,16,22H,4-6,11-13,15H2,1-3H3. The summed E-state index contributed by atoms with van der Waals surface area (Å²) in [6, 6.07) is 9.60. The van der Waals surface area contributed by atoms with Crippen molar-refractivity contribution >= 4 is 5.91 Å².